The van der Waals surface area contributed by atoms with Crippen LogP contribution in [0.25, 0.3) is 0 Å². The quantitative estimate of drug-likeness (QED) is 0.649. The molecule has 0 N–H and O–H groups in total. The molecule has 0 spiro atoms. The van der Waals surface area contributed by atoms with E-state index in [1.54, 1.807) is 0 Å². The van der Waals surface area contributed by atoms with Crippen LogP contribution < -0.4 is 0 Å². The van der Waals surface area contributed by atoms with Crippen LogP contribution in [-0.2, 0) is 4.84 Å². The van der Waals surface area contributed by atoms with Gasteiger partial charge in [0.05, 0.1) is 6.04 Å². The number of hydroxylamine groups is 2. The average Bonchev–Trinajstić information content (AvgIpc) is 2.55. The fourth-order valence-electron chi connectivity index (χ4n) is 2.94. The van der Waals surface area contributed by atoms with Crippen molar-refractivity contribution in [1.82, 2.24) is 10.0 Å². The van der Waals surface area contributed by atoms with Crippen LogP contribution in [0, 0.1) is 5.92 Å². The van der Waals surface area contributed by atoms with Crippen molar-refractivity contribution in [2.45, 2.75) is 59.2 Å². The van der Waals surface area contributed by atoms with Crippen LogP contribution in [-0.4, -0.2) is 15.6 Å². The second kappa shape index (κ2) is 7.91. The van der Waals surface area contributed by atoms with E-state index >= 15 is 0 Å². The number of hydrogen-bond donors (Lipinski definition) is 0. The second-order valence-electron chi connectivity index (χ2n) is 7.63. The largest absolute Gasteiger partial charge is 0.290 e. The lowest BCUT2D eigenvalue weighted by Gasteiger charge is -2.43. The highest BCUT2D eigenvalue weighted by Crippen LogP contribution is 2.36. The monoisotopic (exact) mass is 326 g/mol. The predicted molar refractivity (Wildman–Crippen MR) is 99.4 cm³/mol. The number of benzene rings is 1. The molecule has 1 heterocycles. The molecule has 0 saturated carbocycles. The predicted octanol–water partition coefficient (Wildman–Crippen LogP) is 5.57. The molecule has 24 heavy (non-hydrogen) atoms. The van der Waals surface area contributed by atoms with E-state index in [1.807, 2.05) is 24.5 Å². The molecule has 1 aromatic heterocycles. The Morgan fingerprint density at radius 3 is 2.04 bits per heavy atom. The summed E-state index contributed by atoms with van der Waals surface area (Å²) >= 11 is 0. The van der Waals surface area contributed by atoms with Crippen LogP contribution in [0.5, 0.6) is 0 Å². The van der Waals surface area contributed by atoms with Crippen LogP contribution in [0.3, 0.4) is 0 Å². The molecule has 0 bridgehead atoms. The number of rotatable bonds is 6. The Morgan fingerprint density at radius 1 is 0.917 bits per heavy atom. The first-order valence-electron chi connectivity index (χ1n) is 8.71. The van der Waals surface area contributed by atoms with Crippen LogP contribution in [0.15, 0.2) is 54.9 Å². The average molecular weight is 326 g/mol. The third-order valence-corrected chi connectivity index (χ3v) is 4.11. The van der Waals surface area contributed by atoms with Gasteiger partial charge in [0.25, 0.3) is 0 Å². The van der Waals surface area contributed by atoms with Crippen molar-refractivity contribution in [1.29, 1.82) is 0 Å². The van der Waals surface area contributed by atoms with Gasteiger partial charge < -0.3 is 0 Å². The lowest BCUT2D eigenvalue weighted by atomic mass is 9.93. The van der Waals surface area contributed by atoms with Crippen LogP contribution in [0.4, 0.5) is 0 Å². The molecule has 0 aliphatic heterocycles. The molecule has 0 amide bonds. The van der Waals surface area contributed by atoms with Crippen LogP contribution in [0.2, 0.25) is 0 Å². The summed E-state index contributed by atoms with van der Waals surface area (Å²) in [5, 5.41) is 2.15. The van der Waals surface area contributed by atoms with E-state index in [0.29, 0.717) is 5.92 Å². The normalized spacial score (nSPS) is 14.8. The highest BCUT2D eigenvalue weighted by molar-refractivity contribution is 5.18. The third kappa shape index (κ3) is 4.65. The molecule has 2 aromatic rings. The first-order chi connectivity index (χ1) is 11.3. The Hall–Kier alpha value is -1.71. The Kier molecular flexibility index (Phi) is 6.14. The topological polar surface area (TPSA) is 25.4 Å². The maximum absolute atomic E-state index is 6.48. The molecule has 3 heteroatoms. The molecule has 2 atom stereocenters. The van der Waals surface area contributed by atoms with Crippen molar-refractivity contribution in [3.63, 3.8) is 0 Å². The van der Waals surface area contributed by atoms with Gasteiger partial charge >= 0.3 is 0 Å². The van der Waals surface area contributed by atoms with Gasteiger partial charge in [0, 0.05) is 17.9 Å². The summed E-state index contributed by atoms with van der Waals surface area (Å²) in [7, 11) is 0. The maximum Gasteiger partial charge on any atom is 0.102 e. The summed E-state index contributed by atoms with van der Waals surface area (Å²) in [6.45, 7) is 13.1. The lowest BCUT2D eigenvalue weighted by molar-refractivity contribution is -0.272. The molecular weight excluding hydrogens is 296 g/mol. The van der Waals surface area contributed by atoms with E-state index in [2.05, 4.69) is 81.9 Å². The zero-order valence-electron chi connectivity index (χ0n) is 15.7. The Bertz CT molecular complexity index is 605. The zero-order valence-corrected chi connectivity index (χ0v) is 15.7. The first-order valence-corrected chi connectivity index (χ1v) is 8.71. The summed E-state index contributed by atoms with van der Waals surface area (Å²) in [5.74, 6) is 0.399. The molecule has 0 aliphatic carbocycles. The second-order valence-corrected chi connectivity index (χ2v) is 7.63. The Morgan fingerprint density at radius 2 is 1.54 bits per heavy atom. The Balaban J connectivity index is 2.33. The summed E-state index contributed by atoms with van der Waals surface area (Å²) in [5.41, 5.74) is 2.23. The highest BCUT2D eigenvalue weighted by Gasteiger charge is 2.34. The standard InChI is InChI=1S/C21H30N2O/c1-16(2)20(19-13-10-14-22-15-19)23(21(4,5)6)24-17(3)18-11-8-7-9-12-18/h7-17,20H,1-6H3. The molecule has 2 unspecified atom stereocenters. The molecule has 1 aromatic carbocycles. The van der Waals surface area contributed by atoms with Crippen molar-refractivity contribution in [2.75, 3.05) is 0 Å². The SMILES string of the molecule is CC(ON(C(c1cccnc1)C(C)C)C(C)(C)C)c1ccccc1. The minimum absolute atomic E-state index is 0.0108. The van der Waals surface area contributed by atoms with Crippen molar-refractivity contribution in [3.8, 4) is 0 Å². The molecule has 0 radical (unpaired) electrons. The van der Waals surface area contributed by atoms with Gasteiger partial charge in [-0.2, -0.15) is 5.06 Å². The molecular formula is C21H30N2O. The molecule has 0 fully saturated rings. The number of aromatic nitrogens is 1. The van der Waals surface area contributed by atoms with Crippen LogP contribution in [0.1, 0.15) is 64.8 Å². The van der Waals surface area contributed by atoms with Gasteiger partial charge in [0.1, 0.15) is 6.10 Å². The van der Waals surface area contributed by atoms with Crippen molar-refractivity contribution in [2.24, 2.45) is 5.92 Å². The van der Waals surface area contributed by atoms with E-state index in [1.165, 1.54) is 11.1 Å². The summed E-state index contributed by atoms with van der Waals surface area (Å²) in [4.78, 5) is 10.8. The minimum atomic E-state index is -0.131. The van der Waals surface area contributed by atoms with E-state index in [-0.39, 0.29) is 17.7 Å². The van der Waals surface area contributed by atoms with E-state index < -0.39 is 0 Å². The van der Waals surface area contributed by atoms with Gasteiger partial charge in [-0.3, -0.25) is 9.82 Å². The fourth-order valence-corrected chi connectivity index (χ4v) is 2.94. The highest BCUT2D eigenvalue weighted by atomic mass is 16.7. The van der Waals surface area contributed by atoms with Crippen molar-refractivity contribution >= 4 is 0 Å². The van der Waals surface area contributed by atoms with E-state index in [0.717, 1.165) is 0 Å². The zero-order chi connectivity index (χ0) is 17.7. The first kappa shape index (κ1) is 18.6. The third-order valence-electron chi connectivity index (χ3n) is 4.11. The van der Waals surface area contributed by atoms with Crippen molar-refractivity contribution < 1.29 is 4.84 Å². The van der Waals surface area contributed by atoms with Gasteiger partial charge in [-0.05, 0) is 50.8 Å². The molecule has 3 nitrogen and oxygen atoms in total. The molecule has 0 saturated heterocycles. The number of nitrogens with zero attached hydrogens (tertiary/aromatic N) is 2. The summed E-state index contributed by atoms with van der Waals surface area (Å²) < 4.78 is 0. The van der Waals surface area contributed by atoms with Gasteiger partial charge in [0.15, 0.2) is 0 Å². The van der Waals surface area contributed by atoms with E-state index in [4.69, 9.17) is 4.84 Å². The fraction of sp³-hybridized carbons (Fsp3) is 0.476. The summed E-state index contributed by atoms with van der Waals surface area (Å²) in [6, 6.07) is 14.6. The molecule has 130 valence electrons. The van der Waals surface area contributed by atoms with E-state index in [9.17, 15) is 0 Å². The number of pyridine rings is 1. The minimum Gasteiger partial charge on any atom is -0.290 e. The Labute approximate surface area is 146 Å². The smallest absolute Gasteiger partial charge is 0.102 e. The van der Waals surface area contributed by atoms with Gasteiger partial charge in [0.2, 0.25) is 0 Å². The van der Waals surface area contributed by atoms with Crippen LogP contribution >= 0.6 is 0 Å². The van der Waals surface area contributed by atoms with Gasteiger partial charge in [-0.25, -0.2) is 0 Å². The summed E-state index contributed by atoms with van der Waals surface area (Å²) in [6.07, 6.45) is 3.75. The lowest BCUT2D eigenvalue weighted by Crippen LogP contribution is -2.46. The molecule has 0 aliphatic rings. The van der Waals surface area contributed by atoms with Gasteiger partial charge in [-0.15, -0.1) is 0 Å². The number of hydrogen-bond acceptors (Lipinski definition) is 3. The maximum atomic E-state index is 6.48. The van der Waals surface area contributed by atoms with Crippen molar-refractivity contribution in [3.05, 3.63) is 66.0 Å². The molecule has 2 rings (SSSR count). The van der Waals surface area contributed by atoms with Gasteiger partial charge in [-0.1, -0.05) is 50.2 Å².